The van der Waals surface area contributed by atoms with Crippen molar-refractivity contribution in [1.29, 1.82) is 0 Å². The fraction of sp³-hybridized carbons (Fsp3) is 0.500. The lowest BCUT2D eigenvalue weighted by Gasteiger charge is -2.02. The molecule has 1 aromatic rings. The SMILES string of the molecule is O=C(O)[C@H]1C[C@@H]1C(=O)NCc1nc(C(F)(F)F)cs1. The number of halogens is 3. The molecule has 0 bridgehead atoms. The number of nitrogens with one attached hydrogen (secondary N) is 1. The van der Waals surface area contributed by atoms with Crippen LogP contribution in [0.5, 0.6) is 0 Å². The maximum Gasteiger partial charge on any atom is 0.434 e. The van der Waals surface area contributed by atoms with E-state index in [1.54, 1.807) is 0 Å². The van der Waals surface area contributed by atoms with Crippen molar-refractivity contribution in [3.8, 4) is 0 Å². The van der Waals surface area contributed by atoms with Crippen LogP contribution in [0, 0.1) is 11.8 Å². The molecule has 1 heterocycles. The summed E-state index contributed by atoms with van der Waals surface area (Å²) in [6, 6.07) is 0. The lowest BCUT2D eigenvalue weighted by Crippen LogP contribution is -2.26. The van der Waals surface area contributed by atoms with Gasteiger partial charge < -0.3 is 10.4 Å². The standard InChI is InChI=1S/C10H9F3N2O3S/c11-10(12,13)6-3-19-7(15-6)2-14-8(16)4-1-5(4)9(17)18/h3-5H,1-2H2,(H,14,16)(H,17,18)/t4-,5-/m0/s1. The molecule has 1 saturated carbocycles. The van der Waals surface area contributed by atoms with Crippen molar-refractivity contribution in [3.05, 3.63) is 16.1 Å². The summed E-state index contributed by atoms with van der Waals surface area (Å²) in [6.07, 6.45) is -4.23. The summed E-state index contributed by atoms with van der Waals surface area (Å²) < 4.78 is 36.8. The molecule has 0 aliphatic heterocycles. The first-order valence-corrected chi connectivity index (χ1v) is 6.19. The van der Waals surface area contributed by atoms with Gasteiger partial charge in [0, 0.05) is 5.38 Å². The first-order chi connectivity index (χ1) is 8.79. The fourth-order valence-electron chi connectivity index (χ4n) is 1.57. The van der Waals surface area contributed by atoms with E-state index in [4.69, 9.17) is 5.11 Å². The Labute approximate surface area is 109 Å². The average Bonchev–Trinajstić information content (AvgIpc) is 2.96. The summed E-state index contributed by atoms with van der Waals surface area (Å²) in [5.41, 5.74) is -0.989. The molecule has 9 heteroatoms. The summed E-state index contributed by atoms with van der Waals surface area (Å²) in [4.78, 5) is 25.4. The van der Waals surface area contributed by atoms with Crippen molar-refractivity contribution in [2.75, 3.05) is 0 Å². The van der Waals surface area contributed by atoms with Crippen molar-refractivity contribution in [3.63, 3.8) is 0 Å². The van der Waals surface area contributed by atoms with Gasteiger partial charge in [-0.2, -0.15) is 13.2 Å². The molecular formula is C10H9F3N2O3S. The average molecular weight is 294 g/mol. The molecule has 1 amide bonds. The van der Waals surface area contributed by atoms with E-state index in [2.05, 4.69) is 10.3 Å². The molecule has 1 aliphatic carbocycles. The molecule has 2 N–H and O–H groups in total. The third kappa shape index (κ3) is 3.22. The summed E-state index contributed by atoms with van der Waals surface area (Å²) in [5.74, 6) is -2.76. The van der Waals surface area contributed by atoms with Gasteiger partial charge in [-0.25, -0.2) is 4.98 Å². The molecule has 19 heavy (non-hydrogen) atoms. The Hall–Kier alpha value is -1.64. The van der Waals surface area contributed by atoms with Crippen molar-refractivity contribution in [1.82, 2.24) is 10.3 Å². The fourth-order valence-corrected chi connectivity index (χ4v) is 2.31. The minimum absolute atomic E-state index is 0.123. The summed E-state index contributed by atoms with van der Waals surface area (Å²) >= 11 is 0.795. The Bertz CT molecular complexity index is 514. The maximum absolute atomic E-state index is 12.3. The first kappa shape index (κ1) is 13.8. The molecule has 104 valence electrons. The number of amides is 1. The highest BCUT2D eigenvalue weighted by atomic mass is 32.1. The number of nitrogens with zero attached hydrogens (tertiary/aromatic N) is 1. The monoisotopic (exact) mass is 294 g/mol. The number of thiazole rings is 1. The van der Waals surface area contributed by atoms with Crippen LogP contribution in [0.3, 0.4) is 0 Å². The number of aliphatic carboxylic acids is 1. The molecule has 2 atom stereocenters. The number of rotatable bonds is 4. The Morgan fingerprint density at radius 1 is 1.47 bits per heavy atom. The normalized spacial score (nSPS) is 22.1. The van der Waals surface area contributed by atoms with Crippen LogP contribution in [-0.2, 0) is 22.3 Å². The van der Waals surface area contributed by atoms with Gasteiger partial charge in [0.15, 0.2) is 5.69 Å². The molecule has 1 fully saturated rings. The summed E-state index contributed by atoms with van der Waals surface area (Å²) in [6.45, 7) is -0.123. The zero-order valence-corrected chi connectivity index (χ0v) is 10.2. The van der Waals surface area contributed by atoms with Crippen molar-refractivity contribution in [2.24, 2.45) is 11.8 Å². The highest BCUT2D eigenvalue weighted by Crippen LogP contribution is 2.38. The van der Waals surface area contributed by atoms with Crippen LogP contribution in [0.25, 0.3) is 0 Å². The number of aromatic nitrogens is 1. The largest absolute Gasteiger partial charge is 0.481 e. The third-order valence-electron chi connectivity index (χ3n) is 2.70. The lowest BCUT2D eigenvalue weighted by molar-refractivity contribution is -0.141. The Morgan fingerprint density at radius 3 is 2.63 bits per heavy atom. The van der Waals surface area contributed by atoms with E-state index in [1.165, 1.54) is 0 Å². The van der Waals surface area contributed by atoms with Crippen LogP contribution in [-0.4, -0.2) is 22.0 Å². The van der Waals surface area contributed by atoms with E-state index in [-0.39, 0.29) is 18.0 Å². The number of carboxylic acid groups (broad SMARTS) is 1. The lowest BCUT2D eigenvalue weighted by atomic mass is 10.3. The molecule has 0 spiro atoms. The van der Waals surface area contributed by atoms with Gasteiger partial charge >= 0.3 is 12.1 Å². The van der Waals surface area contributed by atoms with Gasteiger partial charge in [0.25, 0.3) is 0 Å². The van der Waals surface area contributed by atoms with Gasteiger partial charge in [-0.1, -0.05) is 0 Å². The molecule has 2 rings (SSSR count). The molecule has 0 radical (unpaired) electrons. The predicted molar refractivity (Wildman–Crippen MR) is 58.2 cm³/mol. The Kier molecular flexibility index (Phi) is 3.48. The van der Waals surface area contributed by atoms with Crippen LogP contribution in [0.4, 0.5) is 13.2 Å². The van der Waals surface area contributed by atoms with Crippen molar-refractivity contribution < 1.29 is 27.9 Å². The van der Waals surface area contributed by atoms with Gasteiger partial charge in [0.2, 0.25) is 5.91 Å². The van der Waals surface area contributed by atoms with Gasteiger partial charge in [-0.05, 0) is 6.42 Å². The van der Waals surface area contributed by atoms with Crippen LogP contribution in [0.15, 0.2) is 5.38 Å². The van der Waals surface area contributed by atoms with Crippen LogP contribution in [0.1, 0.15) is 17.1 Å². The second-order valence-electron chi connectivity index (χ2n) is 4.13. The zero-order chi connectivity index (χ0) is 14.2. The van der Waals surface area contributed by atoms with Crippen LogP contribution in [0.2, 0.25) is 0 Å². The van der Waals surface area contributed by atoms with Gasteiger partial charge in [-0.15, -0.1) is 11.3 Å². The van der Waals surface area contributed by atoms with Gasteiger partial charge in [0.1, 0.15) is 5.01 Å². The number of carboxylic acids is 1. The second-order valence-corrected chi connectivity index (χ2v) is 5.07. The highest BCUT2D eigenvalue weighted by molar-refractivity contribution is 7.09. The van der Waals surface area contributed by atoms with Crippen LogP contribution >= 0.6 is 11.3 Å². The maximum atomic E-state index is 12.3. The second kappa shape index (κ2) is 4.80. The van der Waals surface area contributed by atoms with E-state index in [0.29, 0.717) is 0 Å². The number of hydrogen-bond donors (Lipinski definition) is 2. The van der Waals surface area contributed by atoms with E-state index in [9.17, 15) is 22.8 Å². The smallest absolute Gasteiger partial charge is 0.434 e. The minimum Gasteiger partial charge on any atom is -0.481 e. The number of hydrogen-bond acceptors (Lipinski definition) is 4. The molecular weight excluding hydrogens is 285 g/mol. The topological polar surface area (TPSA) is 79.3 Å². The van der Waals surface area contributed by atoms with E-state index < -0.39 is 35.6 Å². The number of carbonyl (C=O) groups is 2. The zero-order valence-electron chi connectivity index (χ0n) is 9.40. The Morgan fingerprint density at radius 2 is 2.16 bits per heavy atom. The molecule has 0 saturated heterocycles. The molecule has 0 unspecified atom stereocenters. The quantitative estimate of drug-likeness (QED) is 0.882. The summed E-state index contributed by atoms with van der Waals surface area (Å²) in [7, 11) is 0. The highest BCUT2D eigenvalue weighted by Gasteiger charge is 2.48. The summed E-state index contributed by atoms with van der Waals surface area (Å²) in [5, 5.41) is 12.0. The minimum atomic E-state index is -4.50. The van der Waals surface area contributed by atoms with Crippen molar-refractivity contribution in [2.45, 2.75) is 19.1 Å². The van der Waals surface area contributed by atoms with E-state index in [0.717, 1.165) is 16.7 Å². The van der Waals surface area contributed by atoms with E-state index >= 15 is 0 Å². The third-order valence-corrected chi connectivity index (χ3v) is 3.55. The van der Waals surface area contributed by atoms with Crippen LogP contribution < -0.4 is 5.32 Å². The van der Waals surface area contributed by atoms with Gasteiger partial charge in [0.05, 0.1) is 18.4 Å². The molecule has 1 aromatic heterocycles. The Balaban J connectivity index is 1.85. The molecule has 5 nitrogen and oxygen atoms in total. The van der Waals surface area contributed by atoms with E-state index in [1.807, 2.05) is 0 Å². The molecule has 1 aliphatic rings. The van der Waals surface area contributed by atoms with Crippen molar-refractivity contribution >= 4 is 23.2 Å². The number of carbonyl (C=O) groups excluding carboxylic acids is 1. The molecule has 0 aromatic carbocycles. The predicted octanol–water partition coefficient (Wildman–Crippen LogP) is 1.50. The van der Waals surface area contributed by atoms with Gasteiger partial charge in [-0.3, -0.25) is 9.59 Å². The first-order valence-electron chi connectivity index (χ1n) is 5.31. The number of alkyl halides is 3.